The summed E-state index contributed by atoms with van der Waals surface area (Å²) in [6.07, 6.45) is 2.39. The number of rotatable bonds is 4. The van der Waals surface area contributed by atoms with Gasteiger partial charge in [-0.05, 0) is 49.6 Å². The number of ether oxygens (including phenoxy) is 1. The highest BCUT2D eigenvalue weighted by Crippen LogP contribution is 2.30. The maximum atomic E-state index is 12.6. The van der Waals surface area contributed by atoms with Crippen molar-refractivity contribution in [3.63, 3.8) is 0 Å². The Morgan fingerprint density at radius 2 is 1.77 bits per heavy atom. The number of halogens is 1. The van der Waals surface area contributed by atoms with Crippen molar-refractivity contribution in [1.29, 1.82) is 0 Å². The molecule has 30 heavy (non-hydrogen) atoms. The van der Waals surface area contributed by atoms with Gasteiger partial charge < -0.3 is 19.9 Å². The standard InChI is InChI=1S/C23H26ClN3O3/c24-19-16-18(25-22(28)21-8-4-5-15-30-21)9-10-20(19)26-11-13-27(14-12-26)23(29)17-6-2-1-3-7-17/h1-3,6-7,9-10,16,21H,4-5,8,11-15H2,(H,25,28). The molecule has 0 spiro atoms. The summed E-state index contributed by atoms with van der Waals surface area (Å²) in [7, 11) is 0. The van der Waals surface area contributed by atoms with Crippen LogP contribution in [0.25, 0.3) is 0 Å². The molecule has 1 unspecified atom stereocenters. The maximum absolute atomic E-state index is 12.6. The highest BCUT2D eigenvalue weighted by atomic mass is 35.5. The van der Waals surface area contributed by atoms with Gasteiger partial charge in [-0.2, -0.15) is 0 Å². The third-order valence-corrected chi connectivity index (χ3v) is 5.92. The van der Waals surface area contributed by atoms with E-state index >= 15 is 0 Å². The van der Waals surface area contributed by atoms with E-state index in [0.29, 0.717) is 49.1 Å². The van der Waals surface area contributed by atoms with Gasteiger partial charge in [0, 0.05) is 44.0 Å². The predicted octanol–water partition coefficient (Wildman–Crippen LogP) is 3.81. The Labute approximate surface area is 181 Å². The van der Waals surface area contributed by atoms with Crippen LogP contribution in [0.3, 0.4) is 0 Å². The zero-order valence-corrected chi connectivity index (χ0v) is 17.6. The molecule has 0 saturated carbocycles. The summed E-state index contributed by atoms with van der Waals surface area (Å²) in [5.74, 6) is -0.0594. The molecule has 2 aromatic rings. The Balaban J connectivity index is 1.35. The van der Waals surface area contributed by atoms with E-state index in [9.17, 15) is 9.59 Å². The van der Waals surface area contributed by atoms with Crippen LogP contribution in [0, 0.1) is 0 Å². The van der Waals surface area contributed by atoms with Gasteiger partial charge in [0.05, 0.1) is 10.7 Å². The Morgan fingerprint density at radius 1 is 1.00 bits per heavy atom. The first-order valence-electron chi connectivity index (χ1n) is 10.4. The molecule has 2 saturated heterocycles. The van der Waals surface area contributed by atoms with Gasteiger partial charge in [0.25, 0.3) is 11.8 Å². The molecule has 2 aliphatic heterocycles. The molecule has 4 rings (SSSR count). The van der Waals surface area contributed by atoms with Crippen LogP contribution in [-0.4, -0.2) is 55.6 Å². The van der Waals surface area contributed by atoms with Crippen molar-refractivity contribution in [3.8, 4) is 0 Å². The fraction of sp³-hybridized carbons (Fsp3) is 0.391. The normalized spacial score (nSPS) is 19.4. The van der Waals surface area contributed by atoms with E-state index in [-0.39, 0.29) is 17.9 Å². The molecule has 0 aromatic heterocycles. The second-order valence-electron chi connectivity index (χ2n) is 7.66. The summed E-state index contributed by atoms with van der Waals surface area (Å²) < 4.78 is 5.54. The van der Waals surface area contributed by atoms with Crippen LogP contribution in [0.1, 0.15) is 29.6 Å². The summed E-state index contributed by atoms with van der Waals surface area (Å²) in [5.41, 5.74) is 2.29. The zero-order chi connectivity index (χ0) is 20.9. The molecule has 0 aliphatic carbocycles. The van der Waals surface area contributed by atoms with E-state index < -0.39 is 0 Å². The Bertz CT molecular complexity index is 892. The van der Waals surface area contributed by atoms with Crippen molar-refractivity contribution >= 4 is 34.8 Å². The van der Waals surface area contributed by atoms with Gasteiger partial charge in [-0.1, -0.05) is 29.8 Å². The molecule has 1 atom stereocenters. The molecule has 7 heteroatoms. The zero-order valence-electron chi connectivity index (χ0n) is 16.9. The van der Waals surface area contributed by atoms with E-state index in [0.717, 1.165) is 24.9 Å². The smallest absolute Gasteiger partial charge is 0.253 e. The van der Waals surface area contributed by atoms with Crippen LogP contribution in [0.4, 0.5) is 11.4 Å². The van der Waals surface area contributed by atoms with Gasteiger partial charge in [-0.3, -0.25) is 9.59 Å². The molecule has 6 nitrogen and oxygen atoms in total. The van der Waals surface area contributed by atoms with Gasteiger partial charge in [0.2, 0.25) is 0 Å². The lowest BCUT2D eigenvalue weighted by molar-refractivity contribution is -0.129. The molecule has 158 valence electrons. The van der Waals surface area contributed by atoms with Gasteiger partial charge >= 0.3 is 0 Å². The number of piperazine rings is 1. The van der Waals surface area contributed by atoms with Crippen molar-refractivity contribution in [2.24, 2.45) is 0 Å². The molecule has 2 fully saturated rings. The van der Waals surface area contributed by atoms with Crippen molar-refractivity contribution in [2.45, 2.75) is 25.4 Å². The molecular formula is C23H26ClN3O3. The Morgan fingerprint density at radius 3 is 2.43 bits per heavy atom. The third-order valence-electron chi connectivity index (χ3n) is 5.62. The lowest BCUT2D eigenvalue weighted by Gasteiger charge is -2.36. The first kappa shape index (κ1) is 20.7. The van der Waals surface area contributed by atoms with Gasteiger partial charge in [0.15, 0.2) is 0 Å². The van der Waals surface area contributed by atoms with Crippen molar-refractivity contribution < 1.29 is 14.3 Å². The van der Waals surface area contributed by atoms with Crippen LogP contribution in [0.15, 0.2) is 48.5 Å². The number of hydrogen-bond donors (Lipinski definition) is 1. The van der Waals surface area contributed by atoms with Crippen LogP contribution in [0.5, 0.6) is 0 Å². The fourth-order valence-corrected chi connectivity index (χ4v) is 4.23. The fourth-order valence-electron chi connectivity index (χ4n) is 3.93. The van der Waals surface area contributed by atoms with Gasteiger partial charge in [-0.15, -0.1) is 0 Å². The van der Waals surface area contributed by atoms with Crippen LogP contribution < -0.4 is 10.2 Å². The molecule has 1 N–H and O–H groups in total. The lowest BCUT2D eigenvalue weighted by atomic mass is 10.1. The maximum Gasteiger partial charge on any atom is 0.253 e. The number of amides is 2. The number of hydrogen-bond acceptors (Lipinski definition) is 4. The summed E-state index contributed by atoms with van der Waals surface area (Å²) in [5, 5.41) is 3.49. The SMILES string of the molecule is O=C(Nc1ccc(N2CCN(C(=O)c3ccccc3)CC2)c(Cl)c1)C1CCCCO1. The first-order chi connectivity index (χ1) is 14.6. The second-order valence-corrected chi connectivity index (χ2v) is 8.06. The Kier molecular flexibility index (Phi) is 6.55. The monoisotopic (exact) mass is 427 g/mol. The molecule has 2 amide bonds. The summed E-state index contributed by atoms with van der Waals surface area (Å²) >= 11 is 6.52. The highest BCUT2D eigenvalue weighted by molar-refractivity contribution is 6.33. The van der Waals surface area contributed by atoms with Crippen LogP contribution in [0.2, 0.25) is 5.02 Å². The van der Waals surface area contributed by atoms with E-state index in [1.807, 2.05) is 47.4 Å². The van der Waals surface area contributed by atoms with Crippen LogP contribution in [-0.2, 0) is 9.53 Å². The number of nitrogens with one attached hydrogen (secondary N) is 1. The molecule has 2 heterocycles. The number of anilines is 2. The number of benzene rings is 2. The molecule has 0 radical (unpaired) electrons. The molecule has 2 aromatic carbocycles. The largest absolute Gasteiger partial charge is 0.368 e. The van der Waals surface area contributed by atoms with Gasteiger partial charge in [0.1, 0.15) is 6.10 Å². The minimum absolute atomic E-state index is 0.0596. The number of carbonyl (C=O) groups is 2. The topological polar surface area (TPSA) is 61.9 Å². The van der Waals surface area contributed by atoms with E-state index in [4.69, 9.17) is 16.3 Å². The van der Waals surface area contributed by atoms with E-state index in [2.05, 4.69) is 10.2 Å². The highest BCUT2D eigenvalue weighted by Gasteiger charge is 2.24. The lowest BCUT2D eigenvalue weighted by Crippen LogP contribution is -2.48. The minimum Gasteiger partial charge on any atom is -0.368 e. The minimum atomic E-state index is -0.382. The number of nitrogens with zero attached hydrogens (tertiary/aromatic N) is 2. The predicted molar refractivity (Wildman–Crippen MR) is 118 cm³/mol. The molecule has 2 aliphatic rings. The average molecular weight is 428 g/mol. The van der Waals surface area contributed by atoms with Crippen molar-refractivity contribution in [2.75, 3.05) is 43.0 Å². The Hall–Kier alpha value is -2.57. The van der Waals surface area contributed by atoms with Gasteiger partial charge in [-0.25, -0.2) is 0 Å². The molecule has 0 bridgehead atoms. The summed E-state index contributed by atoms with van der Waals surface area (Å²) in [6, 6.07) is 14.9. The van der Waals surface area contributed by atoms with Crippen molar-refractivity contribution in [3.05, 3.63) is 59.1 Å². The third kappa shape index (κ3) is 4.77. The summed E-state index contributed by atoms with van der Waals surface area (Å²) in [6.45, 7) is 3.33. The van der Waals surface area contributed by atoms with Crippen molar-refractivity contribution in [1.82, 2.24) is 4.90 Å². The summed E-state index contributed by atoms with van der Waals surface area (Å²) in [4.78, 5) is 29.0. The molecular weight excluding hydrogens is 402 g/mol. The first-order valence-corrected chi connectivity index (χ1v) is 10.8. The van der Waals surface area contributed by atoms with E-state index in [1.165, 1.54) is 0 Å². The average Bonchev–Trinajstić information content (AvgIpc) is 2.80. The van der Waals surface area contributed by atoms with Crippen LogP contribution >= 0.6 is 11.6 Å². The second kappa shape index (κ2) is 9.49. The van der Waals surface area contributed by atoms with E-state index in [1.54, 1.807) is 6.07 Å². The quantitative estimate of drug-likeness (QED) is 0.805. The number of carbonyl (C=O) groups excluding carboxylic acids is 2.